The molecule has 1 aliphatic carbocycles. The van der Waals surface area contributed by atoms with Gasteiger partial charge in [-0.15, -0.1) is 0 Å². The minimum atomic E-state index is 0.140. The van der Waals surface area contributed by atoms with Crippen molar-refractivity contribution < 1.29 is 5.11 Å². The fourth-order valence-corrected chi connectivity index (χ4v) is 2.11. The molecule has 0 radical (unpaired) electrons. The van der Waals surface area contributed by atoms with Crippen LogP contribution in [0, 0.1) is 5.41 Å². The third-order valence-electron chi connectivity index (χ3n) is 3.68. The van der Waals surface area contributed by atoms with Crippen molar-refractivity contribution >= 4 is 0 Å². The van der Waals surface area contributed by atoms with Crippen molar-refractivity contribution in [2.75, 3.05) is 0 Å². The molecule has 1 N–H and O–H groups in total. The predicted octanol–water partition coefficient (Wildman–Crippen LogP) is 8.03. The Balaban J connectivity index is 0. The van der Waals surface area contributed by atoms with Crippen LogP contribution in [-0.4, -0.2) is 5.11 Å². The van der Waals surface area contributed by atoms with Gasteiger partial charge in [0.25, 0.3) is 0 Å². The summed E-state index contributed by atoms with van der Waals surface area (Å²) in [6.45, 7) is 30.0. The second kappa shape index (κ2) is 12.4. The van der Waals surface area contributed by atoms with Gasteiger partial charge >= 0.3 is 0 Å². The molecule has 0 atom stereocenters. The van der Waals surface area contributed by atoms with E-state index in [9.17, 15) is 0 Å². The number of aliphatic hydroxyl groups is 1. The van der Waals surface area contributed by atoms with Gasteiger partial charge in [-0.3, -0.25) is 0 Å². The van der Waals surface area contributed by atoms with Crippen LogP contribution in [0.15, 0.2) is 84.2 Å². The summed E-state index contributed by atoms with van der Waals surface area (Å²) in [5.41, 5.74) is 5.46. The van der Waals surface area contributed by atoms with Gasteiger partial charge in [-0.1, -0.05) is 84.7 Å². The van der Waals surface area contributed by atoms with Crippen molar-refractivity contribution in [3.63, 3.8) is 0 Å². The van der Waals surface area contributed by atoms with Crippen molar-refractivity contribution in [1.29, 1.82) is 0 Å². The molecular formula is C24H38O. The van der Waals surface area contributed by atoms with E-state index in [-0.39, 0.29) is 5.41 Å². The van der Waals surface area contributed by atoms with Crippen LogP contribution in [-0.2, 0) is 0 Å². The molecule has 0 heterocycles. The molecule has 0 aromatic heterocycles. The average molecular weight is 343 g/mol. The Kier molecular flexibility index (Phi) is 12.5. The zero-order chi connectivity index (χ0) is 20.2. The fourth-order valence-electron chi connectivity index (χ4n) is 2.11. The maximum Gasteiger partial charge on any atom is 0.0931 e. The maximum atomic E-state index is 9.17. The lowest BCUT2D eigenvalue weighted by atomic mass is 9.81. The Bertz CT molecular complexity index is 572. The van der Waals surface area contributed by atoms with E-state index < -0.39 is 0 Å². The molecule has 0 saturated carbocycles. The van der Waals surface area contributed by atoms with Crippen LogP contribution < -0.4 is 0 Å². The molecule has 1 heteroatoms. The summed E-state index contributed by atoms with van der Waals surface area (Å²) in [6, 6.07) is 0. The molecule has 0 bridgehead atoms. The van der Waals surface area contributed by atoms with Gasteiger partial charge in [0.15, 0.2) is 0 Å². The molecular weight excluding hydrogens is 304 g/mol. The monoisotopic (exact) mass is 342 g/mol. The molecule has 0 amide bonds. The molecule has 0 spiro atoms. The van der Waals surface area contributed by atoms with Crippen LogP contribution in [0.2, 0.25) is 0 Å². The van der Waals surface area contributed by atoms with Crippen molar-refractivity contribution in [2.24, 2.45) is 5.41 Å². The summed E-state index contributed by atoms with van der Waals surface area (Å²) < 4.78 is 0. The van der Waals surface area contributed by atoms with Crippen LogP contribution in [0.4, 0.5) is 0 Å². The molecule has 0 unspecified atom stereocenters. The largest absolute Gasteiger partial charge is 0.512 e. The first-order valence-electron chi connectivity index (χ1n) is 8.98. The zero-order valence-corrected chi connectivity index (χ0v) is 17.5. The van der Waals surface area contributed by atoms with E-state index in [4.69, 9.17) is 5.11 Å². The van der Waals surface area contributed by atoms with Gasteiger partial charge in [-0.25, -0.2) is 0 Å². The van der Waals surface area contributed by atoms with Crippen LogP contribution in [0.3, 0.4) is 0 Å². The van der Waals surface area contributed by atoms with Crippen molar-refractivity contribution in [2.45, 2.75) is 61.3 Å². The van der Waals surface area contributed by atoms with Gasteiger partial charge in [0, 0.05) is 6.42 Å². The molecule has 25 heavy (non-hydrogen) atoms. The summed E-state index contributed by atoms with van der Waals surface area (Å²) in [7, 11) is 0. The third-order valence-corrected chi connectivity index (χ3v) is 3.68. The van der Waals surface area contributed by atoms with Crippen molar-refractivity contribution in [3.8, 4) is 0 Å². The summed E-state index contributed by atoms with van der Waals surface area (Å²) >= 11 is 0. The Labute approximate surface area is 156 Å². The second-order valence-corrected chi connectivity index (χ2v) is 6.77. The molecule has 1 nitrogen and oxygen atoms in total. The SMILES string of the molecule is C=C(C)/C(=C\C)C(=C)C(C)(C)C.C=CC(=C)C1=CCCC(O)=C1.CC. The summed E-state index contributed by atoms with van der Waals surface area (Å²) in [4.78, 5) is 0. The highest BCUT2D eigenvalue weighted by atomic mass is 16.3. The van der Waals surface area contributed by atoms with Crippen LogP contribution >= 0.6 is 0 Å². The van der Waals surface area contributed by atoms with E-state index in [2.05, 4.69) is 59.2 Å². The standard InChI is InChI=1S/C12H20.C10H12O.C2H6/c1-8-11(9(2)3)10(4)12(5,6)7;1-3-8(2)9-5-4-6-10(11)7-9;1-2/h8H,2,4H2,1,3,5-7H3;3,5,7,11H,1-2,4,6H2;1-2H3/b11-8+;;. The lowest BCUT2D eigenvalue weighted by Gasteiger charge is -2.24. The first-order chi connectivity index (χ1) is 11.5. The van der Waals surface area contributed by atoms with Crippen molar-refractivity contribution in [1.82, 2.24) is 0 Å². The quantitative estimate of drug-likeness (QED) is 0.513. The van der Waals surface area contributed by atoms with Gasteiger partial charge in [-0.05, 0) is 54.1 Å². The minimum Gasteiger partial charge on any atom is -0.512 e. The Hall–Kier alpha value is -2.02. The van der Waals surface area contributed by atoms with E-state index in [0.717, 1.165) is 35.1 Å². The van der Waals surface area contributed by atoms with Gasteiger partial charge in [0.05, 0.1) is 5.76 Å². The molecule has 0 aliphatic heterocycles. The number of rotatable bonds is 4. The lowest BCUT2D eigenvalue weighted by Crippen LogP contribution is -2.10. The normalized spacial score (nSPS) is 13.8. The first-order valence-corrected chi connectivity index (χ1v) is 8.98. The smallest absolute Gasteiger partial charge is 0.0931 e. The van der Waals surface area contributed by atoms with Crippen molar-refractivity contribution in [3.05, 3.63) is 84.2 Å². The summed E-state index contributed by atoms with van der Waals surface area (Å²) in [5.74, 6) is 0.436. The highest BCUT2D eigenvalue weighted by Gasteiger charge is 2.17. The molecule has 1 aliphatic rings. The molecule has 0 saturated heterocycles. The molecule has 0 fully saturated rings. The Morgan fingerprint density at radius 3 is 1.96 bits per heavy atom. The maximum absolute atomic E-state index is 9.17. The summed E-state index contributed by atoms with van der Waals surface area (Å²) in [6.07, 6.45) is 9.21. The van der Waals surface area contributed by atoms with E-state index >= 15 is 0 Å². The lowest BCUT2D eigenvalue weighted by molar-refractivity contribution is 0.387. The topological polar surface area (TPSA) is 20.2 Å². The van der Waals surface area contributed by atoms with E-state index in [1.165, 1.54) is 5.57 Å². The first kappa shape index (κ1) is 25.2. The summed E-state index contributed by atoms with van der Waals surface area (Å²) in [5, 5.41) is 9.17. The highest BCUT2D eigenvalue weighted by molar-refractivity contribution is 5.46. The van der Waals surface area contributed by atoms with Crippen LogP contribution in [0.25, 0.3) is 0 Å². The molecule has 140 valence electrons. The Morgan fingerprint density at radius 2 is 1.68 bits per heavy atom. The van der Waals surface area contributed by atoms with E-state index in [1.54, 1.807) is 12.2 Å². The third kappa shape index (κ3) is 9.76. The minimum absolute atomic E-state index is 0.140. The fraction of sp³-hybridized carbons (Fsp3) is 0.417. The van der Waals surface area contributed by atoms with Crippen LogP contribution in [0.5, 0.6) is 0 Å². The Morgan fingerprint density at radius 1 is 1.16 bits per heavy atom. The van der Waals surface area contributed by atoms with Gasteiger partial charge in [-0.2, -0.15) is 0 Å². The zero-order valence-electron chi connectivity index (χ0n) is 17.5. The van der Waals surface area contributed by atoms with Gasteiger partial charge < -0.3 is 5.11 Å². The van der Waals surface area contributed by atoms with Gasteiger partial charge in [0.1, 0.15) is 0 Å². The number of allylic oxidation sites excluding steroid dienone is 10. The molecule has 0 aromatic rings. The molecule has 1 rings (SSSR count). The second-order valence-electron chi connectivity index (χ2n) is 6.77. The number of hydrogen-bond acceptors (Lipinski definition) is 1. The highest BCUT2D eigenvalue weighted by Crippen LogP contribution is 2.32. The average Bonchev–Trinajstić information content (AvgIpc) is 2.56. The molecule has 0 aromatic carbocycles. The van der Waals surface area contributed by atoms with E-state index in [1.807, 2.05) is 27.7 Å². The van der Waals surface area contributed by atoms with Gasteiger partial charge in [0.2, 0.25) is 0 Å². The van der Waals surface area contributed by atoms with Crippen LogP contribution in [0.1, 0.15) is 61.3 Å². The van der Waals surface area contributed by atoms with E-state index in [0.29, 0.717) is 5.76 Å². The number of hydrogen-bond donors (Lipinski definition) is 1. The number of aliphatic hydroxyl groups excluding tert-OH is 1. The predicted molar refractivity (Wildman–Crippen MR) is 116 cm³/mol.